The molecule has 0 spiro atoms. The van der Waals surface area contributed by atoms with E-state index < -0.39 is 10.1 Å². The van der Waals surface area contributed by atoms with Crippen molar-refractivity contribution < 1.29 is 43.6 Å². The van der Waals surface area contributed by atoms with Crippen molar-refractivity contribution in [1.82, 2.24) is 0 Å². The van der Waals surface area contributed by atoms with Crippen molar-refractivity contribution >= 4 is 15.8 Å². The molecule has 1 rings (SSSR count). The third kappa shape index (κ3) is 5.62. The Hall–Kier alpha value is -0.0700. The van der Waals surface area contributed by atoms with Gasteiger partial charge < -0.3 is 7.16 Å². The quantitative estimate of drug-likeness (QED) is 0.362. The van der Waals surface area contributed by atoms with Gasteiger partial charge in [0.05, 0.1) is 12.9 Å². The van der Waals surface area contributed by atoms with Crippen molar-refractivity contribution in [3.05, 3.63) is 29.8 Å². The van der Waals surface area contributed by atoms with Crippen molar-refractivity contribution in [2.45, 2.75) is 6.61 Å². The van der Waals surface area contributed by atoms with Crippen LogP contribution in [-0.2, 0) is 20.9 Å². The van der Waals surface area contributed by atoms with E-state index in [4.69, 9.17) is 5.73 Å². The molecule has 0 atom stereocenters. The second-order valence-electron chi connectivity index (χ2n) is 2.71. The summed E-state index contributed by atoms with van der Waals surface area (Å²) >= 11 is 0. The molecular weight excluding hydrogens is 213 g/mol. The van der Waals surface area contributed by atoms with Gasteiger partial charge in [0, 0.05) is 5.69 Å². The minimum atomic E-state index is -3.38. The van der Waals surface area contributed by atoms with E-state index in [0.29, 0.717) is 5.69 Å². The fourth-order valence-corrected chi connectivity index (χ4v) is 1.21. The average Bonchev–Trinajstić information content (AvgIpc) is 2.00. The Bertz CT molecular complexity index is 397. The number of benzene rings is 1. The molecule has 0 radical (unpaired) electrons. The van der Waals surface area contributed by atoms with Crippen LogP contribution in [0.4, 0.5) is 5.69 Å². The summed E-state index contributed by atoms with van der Waals surface area (Å²) in [5.74, 6) is 0. The summed E-state index contributed by atoms with van der Waals surface area (Å²) in [5.41, 5.74) is 6.83. The van der Waals surface area contributed by atoms with Crippen molar-refractivity contribution in [3.63, 3.8) is 0 Å². The molecule has 0 saturated carbocycles. The van der Waals surface area contributed by atoms with E-state index >= 15 is 0 Å². The van der Waals surface area contributed by atoms with E-state index in [1.807, 2.05) is 0 Å². The topological polar surface area (TPSA) is 69.4 Å². The third-order valence-corrected chi connectivity index (χ3v) is 1.94. The van der Waals surface area contributed by atoms with Crippen LogP contribution in [0.3, 0.4) is 0 Å². The van der Waals surface area contributed by atoms with E-state index in [1.54, 1.807) is 24.3 Å². The van der Waals surface area contributed by atoms with Crippen LogP contribution in [0.25, 0.3) is 0 Å². The first-order chi connectivity index (χ1) is 5.97. The maximum Gasteiger partial charge on any atom is 1.00 e. The summed E-state index contributed by atoms with van der Waals surface area (Å²) in [7, 11) is -3.38. The monoisotopic (exact) mass is 225 g/mol. The number of nitrogens with two attached hydrogens (primary N) is 1. The Morgan fingerprint density at radius 1 is 1.50 bits per heavy atom. The van der Waals surface area contributed by atoms with Crippen LogP contribution >= 0.6 is 0 Å². The normalized spacial score (nSPS) is 10.6. The summed E-state index contributed by atoms with van der Waals surface area (Å²) < 4.78 is 25.9. The number of hydrogen-bond donors (Lipinski definition) is 1. The molecule has 0 aromatic heterocycles. The largest absolute Gasteiger partial charge is 1.00 e. The molecule has 1 aromatic rings. The number of rotatable bonds is 3. The predicted molar refractivity (Wildman–Crippen MR) is 51.6 cm³/mol. The standard InChI is InChI=1S/C8H11NO3S.Na.H/c1-13(10,11)12-6-7-3-2-4-8(9)5-7;;/h2-5H,6,9H2,1H3;;/q;+1;-1. The van der Waals surface area contributed by atoms with Crippen LogP contribution in [0, 0.1) is 0 Å². The van der Waals surface area contributed by atoms with E-state index in [0.717, 1.165) is 11.8 Å². The molecule has 2 N–H and O–H groups in total. The maximum absolute atomic E-state index is 10.6. The number of anilines is 1. The molecule has 0 heterocycles. The zero-order valence-corrected chi connectivity index (χ0v) is 11.0. The first-order valence-corrected chi connectivity index (χ1v) is 5.48. The molecule has 0 fully saturated rings. The van der Waals surface area contributed by atoms with Gasteiger partial charge >= 0.3 is 29.6 Å². The van der Waals surface area contributed by atoms with Gasteiger partial charge in [0.2, 0.25) is 0 Å². The van der Waals surface area contributed by atoms with Gasteiger partial charge in [-0.3, -0.25) is 4.18 Å². The SMILES string of the molecule is CS(=O)(=O)OCc1cccc(N)c1.[H-].[Na+]. The molecule has 4 nitrogen and oxygen atoms in total. The van der Waals surface area contributed by atoms with Crippen LogP contribution in [-0.4, -0.2) is 14.7 Å². The molecule has 0 aliphatic carbocycles. The van der Waals surface area contributed by atoms with Gasteiger partial charge in [-0.2, -0.15) is 8.42 Å². The fourth-order valence-electron chi connectivity index (χ4n) is 0.858. The first kappa shape index (κ1) is 13.9. The van der Waals surface area contributed by atoms with Crippen molar-refractivity contribution in [3.8, 4) is 0 Å². The van der Waals surface area contributed by atoms with Gasteiger partial charge in [-0.15, -0.1) is 0 Å². The molecular formula is C8H12NNaO3S. The van der Waals surface area contributed by atoms with Crippen LogP contribution in [0.5, 0.6) is 0 Å². The Labute approximate surface area is 107 Å². The van der Waals surface area contributed by atoms with Crippen molar-refractivity contribution in [2.75, 3.05) is 12.0 Å². The zero-order chi connectivity index (χ0) is 9.90. The molecule has 0 aliphatic rings. The summed E-state index contributed by atoms with van der Waals surface area (Å²) in [6, 6.07) is 6.90. The van der Waals surface area contributed by atoms with E-state index in [9.17, 15) is 8.42 Å². The second-order valence-corrected chi connectivity index (χ2v) is 4.36. The van der Waals surface area contributed by atoms with Gasteiger partial charge in [0.25, 0.3) is 10.1 Å². The molecule has 6 heteroatoms. The van der Waals surface area contributed by atoms with Crippen molar-refractivity contribution in [1.29, 1.82) is 0 Å². The van der Waals surface area contributed by atoms with Crippen molar-refractivity contribution in [2.24, 2.45) is 0 Å². The minimum Gasteiger partial charge on any atom is -1.00 e. The zero-order valence-electron chi connectivity index (χ0n) is 9.23. The van der Waals surface area contributed by atoms with Gasteiger partial charge in [-0.25, -0.2) is 0 Å². The number of hydrogen-bond acceptors (Lipinski definition) is 4. The fraction of sp³-hybridized carbons (Fsp3) is 0.250. The van der Waals surface area contributed by atoms with Crippen LogP contribution < -0.4 is 35.3 Å². The third-order valence-electron chi connectivity index (χ3n) is 1.39. The van der Waals surface area contributed by atoms with E-state index in [1.165, 1.54) is 0 Å². The van der Waals surface area contributed by atoms with Crippen LogP contribution in [0.1, 0.15) is 6.99 Å². The smallest absolute Gasteiger partial charge is 1.00 e. The molecule has 14 heavy (non-hydrogen) atoms. The maximum atomic E-state index is 10.6. The molecule has 0 saturated heterocycles. The Morgan fingerprint density at radius 2 is 2.14 bits per heavy atom. The van der Waals surface area contributed by atoms with Crippen LogP contribution in [0.15, 0.2) is 24.3 Å². The minimum absolute atomic E-state index is 0. The van der Waals surface area contributed by atoms with Gasteiger partial charge in [-0.1, -0.05) is 12.1 Å². The van der Waals surface area contributed by atoms with E-state index in [2.05, 4.69) is 4.18 Å². The summed E-state index contributed by atoms with van der Waals surface area (Å²) in [5, 5.41) is 0. The van der Waals surface area contributed by atoms with Gasteiger partial charge in [0.15, 0.2) is 0 Å². The Morgan fingerprint density at radius 3 is 2.64 bits per heavy atom. The summed E-state index contributed by atoms with van der Waals surface area (Å²) in [6.07, 6.45) is 1.01. The average molecular weight is 225 g/mol. The molecule has 0 amide bonds. The van der Waals surface area contributed by atoms with Gasteiger partial charge in [-0.05, 0) is 17.7 Å². The Kier molecular flexibility index (Phi) is 5.70. The summed E-state index contributed by atoms with van der Waals surface area (Å²) in [4.78, 5) is 0. The molecule has 0 bridgehead atoms. The van der Waals surface area contributed by atoms with E-state index in [-0.39, 0.29) is 37.6 Å². The first-order valence-electron chi connectivity index (χ1n) is 3.66. The molecule has 1 aromatic carbocycles. The van der Waals surface area contributed by atoms with Gasteiger partial charge in [0.1, 0.15) is 0 Å². The molecule has 74 valence electrons. The number of nitrogen functional groups attached to an aromatic ring is 1. The second kappa shape index (κ2) is 5.72. The molecule has 0 aliphatic heterocycles. The summed E-state index contributed by atoms with van der Waals surface area (Å²) in [6.45, 7) is 0.0316. The Balaban J connectivity index is 0. The predicted octanol–water partition coefficient (Wildman–Crippen LogP) is -2.14. The van der Waals surface area contributed by atoms with Crippen LogP contribution in [0.2, 0.25) is 0 Å². The molecule has 0 unspecified atom stereocenters.